The molecule has 1 fully saturated rings. The second kappa shape index (κ2) is 12.7. The first-order valence-corrected chi connectivity index (χ1v) is 15.3. The summed E-state index contributed by atoms with van der Waals surface area (Å²) in [6.07, 6.45) is 1.94. The summed E-state index contributed by atoms with van der Waals surface area (Å²) in [4.78, 5) is 15.4. The van der Waals surface area contributed by atoms with Crippen LogP contribution in [0.25, 0.3) is 32.7 Å². The third kappa shape index (κ3) is 6.15. The zero-order valence-electron chi connectivity index (χ0n) is 20.4. The number of rotatable bonds is 5. The molecule has 0 bridgehead atoms. The zero-order valence-corrected chi connectivity index (χ0v) is 24.5. The summed E-state index contributed by atoms with van der Waals surface area (Å²) in [5, 5.41) is 8.03. The van der Waals surface area contributed by atoms with E-state index in [0.717, 1.165) is 94.6 Å². The maximum absolute atomic E-state index is 5.43. The molecular formula is C27H25BrCl2CuN6O. The Morgan fingerprint density at radius 1 is 1.13 bits per heavy atom. The van der Waals surface area contributed by atoms with Gasteiger partial charge in [0.2, 0.25) is 0 Å². The van der Waals surface area contributed by atoms with Crippen LogP contribution in [-0.2, 0) is 24.4 Å². The Bertz CT molecular complexity index is 1590. The number of para-hydroxylation sites is 1. The number of fused-ring (bicyclic) bond motifs is 5. The van der Waals surface area contributed by atoms with Crippen molar-refractivity contribution in [2.75, 3.05) is 31.7 Å². The summed E-state index contributed by atoms with van der Waals surface area (Å²) in [5.74, 6) is 0.689. The molecule has 0 aliphatic carbocycles. The number of benzene rings is 2. The SMILES string of the molecule is CC(=NNc1nc2ccccc2c2c1[nH]c1ccc(Br)cc12)c1ccc(CN2CCOCC2)cn1.[Cl][Cu][Cl]. The van der Waals surface area contributed by atoms with E-state index in [0.29, 0.717) is 5.82 Å². The van der Waals surface area contributed by atoms with E-state index in [2.05, 4.69) is 85.8 Å². The summed E-state index contributed by atoms with van der Waals surface area (Å²) in [7, 11) is 9.34. The van der Waals surface area contributed by atoms with E-state index in [1.165, 1.54) is 5.56 Å². The van der Waals surface area contributed by atoms with Gasteiger partial charge in [0.15, 0.2) is 5.82 Å². The normalized spacial score (nSPS) is 14.7. The van der Waals surface area contributed by atoms with Crippen LogP contribution in [0.2, 0.25) is 0 Å². The van der Waals surface area contributed by atoms with Gasteiger partial charge in [0.1, 0.15) is 0 Å². The fourth-order valence-electron chi connectivity index (χ4n) is 4.60. The first kappa shape index (κ1) is 27.3. The van der Waals surface area contributed by atoms with Crippen LogP contribution in [0.5, 0.6) is 0 Å². The number of halogens is 3. The van der Waals surface area contributed by atoms with Gasteiger partial charge in [-0.05, 0) is 42.8 Å². The summed E-state index contributed by atoms with van der Waals surface area (Å²) in [5.41, 5.74) is 8.94. The third-order valence-corrected chi connectivity index (χ3v) is 6.93. The first-order chi connectivity index (χ1) is 18.6. The standard InChI is InChI=1S/C27H25BrN6O.2ClH.Cu/c1-17(22-8-6-18(15-29-22)16-34-10-12-35-13-11-34)32-33-27-26-25(20-4-2-3-5-23(20)31-27)21-14-19(28)7-9-24(21)30-26;;;/h2-9,14-15,30H,10-13,16H2,1H3,(H,31,33);2*1H;/q;;;+2/p-2. The van der Waals surface area contributed by atoms with Crippen LogP contribution in [0, 0.1) is 0 Å². The van der Waals surface area contributed by atoms with Crippen molar-refractivity contribution in [1.29, 1.82) is 0 Å². The number of H-pyrrole nitrogens is 1. The van der Waals surface area contributed by atoms with Crippen LogP contribution in [0.4, 0.5) is 5.82 Å². The van der Waals surface area contributed by atoms with Crippen molar-refractivity contribution in [3.8, 4) is 0 Å². The Kier molecular flexibility index (Phi) is 9.17. The fourth-order valence-corrected chi connectivity index (χ4v) is 4.97. The van der Waals surface area contributed by atoms with Crippen LogP contribution in [-0.4, -0.2) is 51.9 Å². The average molecular weight is 664 g/mol. The molecule has 1 aliphatic heterocycles. The minimum absolute atomic E-state index is 0.689. The third-order valence-electron chi connectivity index (χ3n) is 6.44. The second-order valence-electron chi connectivity index (χ2n) is 8.83. The van der Waals surface area contributed by atoms with E-state index in [4.69, 9.17) is 9.72 Å². The molecule has 0 spiro atoms. The predicted molar refractivity (Wildman–Crippen MR) is 157 cm³/mol. The van der Waals surface area contributed by atoms with Gasteiger partial charge in [0, 0.05) is 52.0 Å². The molecule has 2 N–H and O–H groups in total. The fraction of sp³-hybridized carbons (Fsp3) is 0.222. The number of aromatic nitrogens is 3. The molecule has 5 aromatic rings. The number of morpholine rings is 1. The number of nitrogens with zero attached hydrogens (tertiary/aromatic N) is 4. The minimum atomic E-state index is 0.689. The molecule has 2 aromatic carbocycles. The summed E-state index contributed by atoms with van der Waals surface area (Å²) < 4.78 is 6.47. The average Bonchev–Trinajstić information content (AvgIpc) is 3.32. The van der Waals surface area contributed by atoms with Crippen molar-refractivity contribution in [2.45, 2.75) is 13.5 Å². The van der Waals surface area contributed by atoms with Crippen LogP contribution < -0.4 is 5.43 Å². The summed E-state index contributed by atoms with van der Waals surface area (Å²) in [6, 6.07) is 18.6. The number of anilines is 1. The van der Waals surface area contributed by atoms with Gasteiger partial charge in [-0.2, -0.15) is 5.10 Å². The molecule has 0 radical (unpaired) electrons. The molecule has 4 heterocycles. The number of ether oxygens (including phenoxy) is 1. The number of hydrazone groups is 1. The van der Waals surface area contributed by atoms with Crippen LogP contribution in [0.15, 0.2) is 70.4 Å². The molecule has 0 atom stereocenters. The van der Waals surface area contributed by atoms with Gasteiger partial charge in [0.05, 0.1) is 35.7 Å². The summed E-state index contributed by atoms with van der Waals surface area (Å²) in [6.45, 7) is 6.37. The maximum atomic E-state index is 5.43. The van der Waals surface area contributed by atoms with Crippen LogP contribution in [0.3, 0.4) is 0 Å². The van der Waals surface area contributed by atoms with Gasteiger partial charge in [-0.15, -0.1) is 0 Å². The second-order valence-corrected chi connectivity index (χ2v) is 11.3. The Labute approximate surface area is 243 Å². The van der Waals surface area contributed by atoms with Crippen molar-refractivity contribution >= 4 is 80.4 Å². The van der Waals surface area contributed by atoms with Crippen LogP contribution >= 0.6 is 36.1 Å². The Morgan fingerprint density at radius 3 is 2.68 bits per heavy atom. The molecular weight excluding hydrogens is 639 g/mol. The van der Waals surface area contributed by atoms with Crippen molar-refractivity contribution in [1.82, 2.24) is 19.9 Å². The van der Waals surface area contributed by atoms with E-state index in [-0.39, 0.29) is 0 Å². The molecule has 1 saturated heterocycles. The molecule has 38 heavy (non-hydrogen) atoms. The van der Waals surface area contributed by atoms with Crippen LogP contribution in [0.1, 0.15) is 18.2 Å². The Hall–Kier alpha value is -2.23. The van der Waals surface area contributed by atoms with Crippen molar-refractivity contribution in [3.05, 3.63) is 76.5 Å². The zero-order chi connectivity index (χ0) is 26.5. The first-order valence-electron chi connectivity index (χ1n) is 11.9. The molecule has 0 unspecified atom stereocenters. The van der Waals surface area contributed by atoms with Gasteiger partial charge in [-0.25, -0.2) is 4.98 Å². The van der Waals surface area contributed by atoms with Gasteiger partial charge in [-0.3, -0.25) is 15.3 Å². The van der Waals surface area contributed by atoms with Gasteiger partial charge < -0.3 is 9.72 Å². The molecule has 11 heteroatoms. The van der Waals surface area contributed by atoms with Gasteiger partial charge in [0.25, 0.3) is 0 Å². The molecule has 0 amide bonds. The molecule has 1 aliphatic rings. The quantitative estimate of drug-likeness (QED) is 0.120. The number of hydrogen-bond acceptors (Lipinski definition) is 6. The molecule has 7 nitrogen and oxygen atoms in total. The van der Waals surface area contributed by atoms with Crippen molar-refractivity contribution in [2.24, 2.45) is 5.10 Å². The van der Waals surface area contributed by atoms with Crippen molar-refractivity contribution in [3.63, 3.8) is 0 Å². The molecule has 3 aromatic heterocycles. The Morgan fingerprint density at radius 2 is 1.92 bits per heavy atom. The number of pyridine rings is 2. The van der Waals surface area contributed by atoms with Gasteiger partial charge in [-0.1, -0.05) is 40.2 Å². The topological polar surface area (TPSA) is 78.4 Å². The van der Waals surface area contributed by atoms with E-state index < -0.39 is 0 Å². The Balaban J connectivity index is 0.000000937. The van der Waals surface area contributed by atoms with Gasteiger partial charge >= 0.3 is 33.3 Å². The predicted octanol–water partition coefficient (Wildman–Crippen LogP) is 7.07. The number of nitrogens with one attached hydrogen (secondary N) is 2. The number of aromatic amines is 1. The van der Waals surface area contributed by atoms with Crippen molar-refractivity contribution < 1.29 is 17.9 Å². The number of hydrogen-bond donors (Lipinski definition) is 2. The molecule has 6 rings (SSSR count). The molecule has 201 valence electrons. The van der Waals surface area contributed by atoms with E-state index in [9.17, 15) is 0 Å². The van der Waals surface area contributed by atoms with E-state index >= 15 is 0 Å². The summed E-state index contributed by atoms with van der Waals surface area (Å²) >= 11 is 4.37. The van der Waals surface area contributed by atoms with E-state index in [1.54, 1.807) is 0 Å². The monoisotopic (exact) mass is 661 g/mol. The van der Waals surface area contributed by atoms with E-state index in [1.807, 2.05) is 43.5 Å². The molecule has 0 saturated carbocycles.